The van der Waals surface area contributed by atoms with Crippen LogP contribution in [0.25, 0.3) is 22.0 Å². The fraction of sp³-hybridized carbons (Fsp3) is 0.231. The fourth-order valence-electron chi connectivity index (χ4n) is 4.56. The van der Waals surface area contributed by atoms with Crippen LogP contribution < -0.4 is 15.5 Å². The number of aromatic nitrogens is 2. The van der Waals surface area contributed by atoms with Gasteiger partial charge in [-0.15, -0.1) is 0 Å². The van der Waals surface area contributed by atoms with Crippen LogP contribution in [0.1, 0.15) is 11.1 Å². The van der Waals surface area contributed by atoms with Crippen molar-refractivity contribution in [3.05, 3.63) is 78.1 Å². The van der Waals surface area contributed by atoms with Crippen molar-refractivity contribution in [1.29, 1.82) is 0 Å². The third-order valence-corrected chi connectivity index (χ3v) is 6.15. The van der Waals surface area contributed by atoms with Crippen LogP contribution in [0.2, 0.25) is 0 Å². The molecule has 5 nitrogen and oxygen atoms in total. The van der Waals surface area contributed by atoms with E-state index in [0.29, 0.717) is 5.82 Å². The summed E-state index contributed by atoms with van der Waals surface area (Å²) in [6.45, 7) is 8.34. The largest absolute Gasteiger partial charge is 0.384 e. The molecule has 0 bridgehead atoms. The van der Waals surface area contributed by atoms with Gasteiger partial charge in [0.15, 0.2) is 0 Å². The Morgan fingerprint density at radius 2 is 1.42 bits per heavy atom. The molecule has 5 heteroatoms. The zero-order valence-corrected chi connectivity index (χ0v) is 18.0. The van der Waals surface area contributed by atoms with E-state index in [1.54, 1.807) is 6.20 Å². The number of nitrogens with zero attached hydrogens (tertiary/aromatic N) is 4. The van der Waals surface area contributed by atoms with E-state index in [1.807, 2.05) is 18.3 Å². The Bertz CT molecular complexity index is 1240. The standard InChI is InChI=1S/C26H27N5/c1-18-3-6-24(19(2)15-18)30-11-13-31(14-12-30)25-8-10-28-23-5-4-20(16-22(23)25)21-7-9-29-26(27)17-21/h3-10,15-17H,11-14H2,1-2H3,(H2,27,29). The molecule has 1 saturated heterocycles. The summed E-state index contributed by atoms with van der Waals surface area (Å²) in [5.74, 6) is 0.534. The van der Waals surface area contributed by atoms with Gasteiger partial charge in [0, 0.05) is 55.3 Å². The Balaban J connectivity index is 1.43. The van der Waals surface area contributed by atoms with Crippen molar-refractivity contribution in [2.75, 3.05) is 41.7 Å². The van der Waals surface area contributed by atoms with Gasteiger partial charge in [0.25, 0.3) is 0 Å². The van der Waals surface area contributed by atoms with Crippen molar-refractivity contribution in [3.63, 3.8) is 0 Å². The summed E-state index contributed by atoms with van der Waals surface area (Å²) in [6, 6.07) is 19.2. The number of hydrogen-bond donors (Lipinski definition) is 1. The Morgan fingerprint density at radius 3 is 2.16 bits per heavy atom. The molecule has 3 heterocycles. The average molecular weight is 410 g/mol. The Hall–Kier alpha value is -3.60. The van der Waals surface area contributed by atoms with Gasteiger partial charge in [-0.3, -0.25) is 4.98 Å². The molecule has 2 aromatic heterocycles. The first-order chi connectivity index (χ1) is 15.1. The molecule has 4 aromatic rings. The van der Waals surface area contributed by atoms with Crippen LogP contribution in [0.15, 0.2) is 67.0 Å². The second kappa shape index (κ2) is 7.91. The molecule has 1 aliphatic heterocycles. The minimum absolute atomic E-state index is 0.534. The molecule has 2 aromatic carbocycles. The third-order valence-electron chi connectivity index (χ3n) is 6.15. The lowest BCUT2D eigenvalue weighted by Gasteiger charge is -2.38. The van der Waals surface area contributed by atoms with Crippen LogP contribution in [-0.4, -0.2) is 36.1 Å². The number of nitrogens with two attached hydrogens (primary N) is 1. The monoisotopic (exact) mass is 409 g/mol. The minimum atomic E-state index is 0.534. The van der Waals surface area contributed by atoms with E-state index in [9.17, 15) is 0 Å². The van der Waals surface area contributed by atoms with Crippen LogP contribution >= 0.6 is 0 Å². The normalized spacial score (nSPS) is 14.3. The number of aryl methyl sites for hydroxylation is 2. The maximum Gasteiger partial charge on any atom is 0.123 e. The first-order valence-corrected chi connectivity index (χ1v) is 10.8. The summed E-state index contributed by atoms with van der Waals surface area (Å²) < 4.78 is 0. The van der Waals surface area contributed by atoms with Gasteiger partial charge in [0.2, 0.25) is 0 Å². The number of fused-ring (bicyclic) bond motifs is 1. The van der Waals surface area contributed by atoms with Gasteiger partial charge in [-0.1, -0.05) is 23.8 Å². The maximum atomic E-state index is 5.90. The lowest BCUT2D eigenvalue weighted by Crippen LogP contribution is -2.46. The highest BCUT2D eigenvalue weighted by atomic mass is 15.3. The lowest BCUT2D eigenvalue weighted by atomic mass is 10.0. The second-order valence-electron chi connectivity index (χ2n) is 8.30. The molecule has 1 aliphatic rings. The zero-order chi connectivity index (χ0) is 21.4. The van der Waals surface area contributed by atoms with Crippen molar-refractivity contribution < 1.29 is 0 Å². The molecule has 156 valence electrons. The molecule has 0 amide bonds. The molecule has 0 spiro atoms. The van der Waals surface area contributed by atoms with Gasteiger partial charge in [-0.05, 0) is 66.9 Å². The molecule has 0 radical (unpaired) electrons. The molecular weight excluding hydrogens is 382 g/mol. The molecule has 0 aliphatic carbocycles. The van der Waals surface area contributed by atoms with Crippen molar-refractivity contribution in [2.45, 2.75) is 13.8 Å². The summed E-state index contributed by atoms with van der Waals surface area (Å²) in [5.41, 5.74) is 14.4. The summed E-state index contributed by atoms with van der Waals surface area (Å²) in [7, 11) is 0. The number of piperazine rings is 1. The Kier molecular flexibility index (Phi) is 4.94. The Labute approximate surface area is 183 Å². The van der Waals surface area contributed by atoms with E-state index in [4.69, 9.17) is 5.73 Å². The number of rotatable bonds is 3. The van der Waals surface area contributed by atoms with E-state index >= 15 is 0 Å². The van der Waals surface area contributed by atoms with Crippen LogP contribution in [0.3, 0.4) is 0 Å². The van der Waals surface area contributed by atoms with Crippen molar-refractivity contribution in [2.24, 2.45) is 0 Å². The number of benzene rings is 2. The maximum absolute atomic E-state index is 5.90. The van der Waals surface area contributed by atoms with Gasteiger partial charge in [-0.25, -0.2) is 4.98 Å². The molecule has 0 saturated carbocycles. The predicted molar refractivity (Wildman–Crippen MR) is 130 cm³/mol. The summed E-state index contributed by atoms with van der Waals surface area (Å²) in [6.07, 6.45) is 3.67. The highest BCUT2D eigenvalue weighted by Gasteiger charge is 2.20. The lowest BCUT2D eigenvalue weighted by molar-refractivity contribution is 0.653. The van der Waals surface area contributed by atoms with Gasteiger partial charge < -0.3 is 15.5 Å². The van der Waals surface area contributed by atoms with E-state index in [-0.39, 0.29) is 0 Å². The Morgan fingerprint density at radius 1 is 0.710 bits per heavy atom. The van der Waals surface area contributed by atoms with Gasteiger partial charge in [-0.2, -0.15) is 0 Å². The second-order valence-corrected chi connectivity index (χ2v) is 8.30. The molecule has 31 heavy (non-hydrogen) atoms. The highest BCUT2D eigenvalue weighted by molar-refractivity contribution is 5.95. The van der Waals surface area contributed by atoms with E-state index in [0.717, 1.165) is 42.8 Å². The smallest absolute Gasteiger partial charge is 0.123 e. The number of pyridine rings is 2. The summed E-state index contributed by atoms with van der Waals surface area (Å²) >= 11 is 0. The molecule has 0 unspecified atom stereocenters. The van der Waals surface area contributed by atoms with Crippen LogP contribution in [-0.2, 0) is 0 Å². The van der Waals surface area contributed by atoms with Crippen LogP contribution in [0, 0.1) is 13.8 Å². The highest BCUT2D eigenvalue weighted by Crippen LogP contribution is 2.32. The van der Waals surface area contributed by atoms with Crippen molar-refractivity contribution in [3.8, 4) is 11.1 Å². The fourth-order valence-corrected chi connectivity index (χ4v) is 4.56. The quantitative estimate of drug-likeness (QED) is 0.526. The van der Waals surface area contributed by atoms with Gasteiger partial charge >= 0.3 is 0 Å². The van der Waals surface area contributed by atoms with Crippen molar-refractivity contribution >= 4 is 28.1 Å². The van der Waals surface area contributed by atoms with E-state index in [1.165, 1.54) is 27.9 Å². The molecule has 2 N–H and O–H groups in total. The molecule has 5 rings (SSSR count). The number of anilines is 3. The minimum Gasteiger partial charge on any atom is -0.384 e. The first-order valence-electron chi connectivity index (χ1n) is 10.8. The predicted octanol–water partition coefficient (Wildman–Crippen LogP) is 4.82. The number of nitrogen functional groups attached to an aromatic ring is 1. The molecule has 1 fully saturated rings. The van der Waals surface area contributed by atoms with Crippen molar-refractivity contribution in [1.82, 2.24) is 9.97 Å². The van der Waals surface area contributed by atoms with Gasteiger partial charge in [0.05, 0.1) is 5.52 Å². The molecule has 0 atom stereocenters. The molecular formula is C26H27N5. The summed E-state index contributed by atoms with van der Waals surface area (Å²) in [5, 5.41) is 1.18. The first kappa shape index (κ1) is 19.4. The number of hydrogen-bond acceptors (Lipinski definition) is 5. The zero-order valence-electron chi connectivity index (χ0n) is 18.0. The summed E-state index contributed by atoms with van der Waals surface area (Å²) in [4.78, 5) is 13.7. The van der Waals surface area contributed by atoms with Crippen LogP contribution in [0.5, 0.6) is 0 Å². The third kappa shape index (κ3) is 3.79. The van der Waals surface area contributed by atoms with Crippen LogP contribution in [0.4, 0.5) is 17.2 Å². The average Bonchev–Trinajstić information content (AvgIpc) is 2.79. The topological polar surface area (TPSA) is 58.3 Å². The van der Waals surface area contributed by atoms with E-state index in [2.05, 4.69) is 76.1 Å². The van der Waals surface area contributed by atoms with E-state index < -0.39 is 0 Å². The van der Waals surface area contributed by atoms with Gasteiger partial charge in [0.1, 0.15) is 5.82 Å². The SMILES string of the molecule is Cc1ccc(N2CCN(c3ccnc4ccc(-c5ccnc(N)c5)cc34)CC2)c(C)c1.